The molecule has 1 aliphatic heterocycles. The Labute approximate surface area is 116 Å². The van der Waals surface area contributed by atoms with Gasteiger partial charge in [0.15, 0.2) is 0 Å². The third-order valence-electron chi connectivity index (χ3n) is 4.61. The Hall–Kier alpha value is -0.610. The van der Waals surface area contributed by atoms with Crippen LogP contribution in [0.25, 0.3) is 0 Å². The molecule has 19 heavy (non-hydrogen) atoms. The molecule has 1 saturated carbocycles. The van der Waals surface area contributed by atoms with Crippen molar-refractivity contribution in [2.45, 2.75) is 70.6 Å². The van der Waals surface area contributed by atoms with Gasteiger partial charge in [0.05, 0.1) is 12.6 Å². The molecule has 110 valence electrons. The van der Waals surface area contributed by atoms with Crippen molar-refractivity contribution in [2.75, 3.05) is 13.2 Å². The molecule has 0 bridgehead atoms. The second kappa shape index (κ2) is 6.71. The summed E-state index contributed by atoms with van der Waals surface area (Å²) in [6.45, 7) is 5.34. The van der Waals surface area contributed by atoms with Gasteiger partial charge in [-0.05, 0) is 31.6 Å². The summed E-state index contributed by atoms with van der Waals surface area (Å²) in [6.07, 6.45) is 7.08. The number of rotatable bonds is 5. The minimum absolute atomic E-state index is 0.195. The van der Waals surface area contributed by atoms with E-state index in [4.69, 9.17) is 4.74 Å². The van der Waals surface area contributed by atoms with Gasteiger partial charge in [-0.15, -0.1) is 0 Å². The summed E-state index contributed by atoms with van der Waals surface area (Å²) in [5, 5.41) is 9.18. The highest BCUT2D eigenvalue weighted by molar-refractivity contribution is 5.69. The molecule has 1 heterocycles. The quantitative estimate of drug-likeness (QED) is 0.833. The zero-order valence-corrected chi connectivity index (χ0v) is 12.2. The molecule has 0 aromatic heterocycles. The molecule has 1 aliphatic carbocycles. The van der Waals surface area contributed by atoms with Crippen LogP contribution in [0.15, 0.2) is 0 Å². The van der Waals surface area contributed by atoms with Crippen LogP contribution in [0.2, 0.25) is 0 Å². The normalized spacial score (nSPS) is 29.3. The predicted molar refractivity (Wildman–Crippen MR) is 74.2 cm³/mol. The van der Waals surface area contributed by atoms with Crippen LogP contribution in [-0.2, 0) is 9.53 Å². The van der Waals surface area contributed by atoms with Crippen LogP contribution in [-0.4, -0.2) is 47.3 Å². The zero-order chi connectivity index (χ0) is 13.8. The standard InChI is InChI=1S/C15H27NO3/c1-11(2)14-9-13(7-8-19-14)16(10-15(17)18)12-5-3-4-6-12/h11-14H,3-10H2,1-2H3,(H,17,18). The fourth-order valence-electron chi connectivity index (χ4n) is 3.52. The lowest BCUT2D eigenvalue weighted by Gasteiger charge is -2.41. The van der Waals surface area contributed by atoms with Gasteiger partial charge in [0.1, 0.15) is 0 Å². The van der Waals surface area contributed by atoms with Gasteiger partial charge in [0.25, 0.3) is 0 Å². The molecule has 0 radical (unpaired) electrons. The number of nitrogens with zero attached hydrogens (tertiary/aromatic N) is 1. The zero-order valence-electron chi connectivity index (χ0n) is 12.2. The first-order chi connectivity index (χ1) is 9.08. The molecular weight excluding hydrogens is 242 g/mol. The summed E-state index contributed by atoms with van der Waals surface area (Å²) in [5.74, 6) is -0.183. The largest absolute Gasteiger partial charge is 0.480 e. The molecule has 1 saturated heterocycles. The van der Waals surface area contributed by atoms with Crippen LogP contribution in [0.3, 0.4) is 0 Å². The van der Waals surface area contributed by atoms with Gasteiger partial charge in [-0.3, -0.25) is 9.69 Å². The molecule has 2 atom stereocenters. The van der Waals surface area contributed by atoms with E-state index in [0.717, 1.165) is 32.3 Å². The molecule has 2 rings (SSSR count). The Morgan fingerprint density at radius 2 is 1.95 bits per heavy atom. The van der Waals surface area contributed by atoms with Crippen LogP contribution in [0, 0.1) is 5.92 Å². The molecule has 1 N–H and O–H groups in total. The second-order valence-electron chi connectivity index (χ2n) is 6.34. The fraction of sp³-hybridized carbons (Fsp3) is 0.933. The van der Waals surface area contributed by atoms with Gasteiger partial charge in [0.2, 0.25) is 0 Å². The van der Waals surface area contributed by atoms with Crippen molar-refractivity contribution < 1.29 is 14.6 Å². The van der Waals surface area contributed by atoms with E-state index in [1.165, 1.54) is 12.8 Å². The number of aliphatic carboxylic acids is 1. The van der Waals surface area contributed by atoms with Gasteiger partial charge in [-0.1, -0.05) is 26.7 Å². The maximum atomic E-state index is 11.2. The van der Waals surface area contributed by atoms with Gasteiger partial charge in [0, 0.05) is 18.7 Å². The summed E-state index contributed by atoms with van der Waals surface area (Å²) in [4.78, 5) is 13.4. The molecule has 0 aromatic carbocycles. The molecule has 4 heteroatoms. The topological polar surface area (TPSA) is 49.8 Å². The van der Waals surface area contributed by atoms with E-state index in [1.54, 1.807) is 0 Å². The summed E-state index contributed by atoms with van der Waals surface area (Å²) >= 11 is 0. The Bertz CT molecular complexity index is 300. The van der Waals surface area contributed by atoms with Gasteiger partial charge < -0.3 is 9.84 Å². The SMILES string of the molecule is CC(C)C1CC(N(CC(=O)O)C2CCCC2)CCO1. The Balaban J connectivity index is 2.01. The van der Waals surface area contributed by atoms with Crippen LogP contribution >= 0.6 is 0 Å². The van der Waals surface area contributed by atoms with Crippen molar-refractivity contribution in [1.82, 2.24) is 4.90 Å². The molecule has 0 amide bonds. The van der Waals surface area contributed by atoms with Crippen LogP contribution in [0.1, 0.15) is 52.4 Å². The first kappa shape index (κ1) is 14.8. The highest BCUT2D eigenvalue weighted by Gasteiger charge is 2.34. The van der Waals surface area contributed by atoms with Crippen LogP contribution in [0.4, 0.5) is 0 Å². The van der Waals surface area contributed by atoms with E-state index < -0.39 is 5.97 Å². The van der Waals surface area contributed by atoms with Gasteiger partial charge >= 0.3 is 5.97 Å². The highest BCUT2D eigenvalue weighted by atomic mass is 16.5. The number of carboxylic acids is 1. The van der Waals surface area contributed by atoms with Crippen molar-refractivity contribution in [3.05, 3.63) is 0 Å². The van der Waals surface area contributed by atoms with E-state index in [-0.39, 0.29) is 12.6 Å². The fourth-order valence-corrected chi connectivity index (χ4v) is 3.52. The molecule has 2 fully saturated rings. The maximum Gasteiger partial charge on any atom is 0.317 e. The number of hydrogen-bond acceptors (Lipinski definition) is 3. The number of ether oxygens (including phenoxy) is 1. The Morgan fingerprint density at radius 1 is 1.26 bits per heavy atom. The van der Waals surface area contributed by atoms with E-state index in [1.807, 2.05) is 0 Å². The smallest absolute Gasteiger partial charge is 0.317 e. The third-order valence-corrected chi connectivity index (χ3v) is 4.61. The summed E-state index contributed by atoms with van der Waals surface area (Å²) < 4.78 is 5.81. The van der Waals surface area contributed by atoms with Gasteiger partial charge in [-0.25, -0.2) is 0 Å². The number of carboxylic acid groups (broad SMARTS) is 1. The summed E-state index contributed by atoms with van der Waals surface area (Å²) in [6, 6.07) is 0.868. The van der Waals surface area contributed by atoms with Crippen molar-refractivity contribution >= 4 is 5.97 Å². The first-order valence-corrected chi connectivity index (χ1v) is 7.67. The Kier molecular flexibility index (Phi) is 5.22. The summed E-state index contributed by atoms with van der Waals surface area (Å²) in [7, 11) is 0. The second-order valence-corrected chi connectivity index (χ2v) is 6.34. The van der Waals surface area contributed by atoms with E-state index >= 15 is 0 Å². The predicted octanol–water partition coefficient (Wildman–Crippen LogP) is 2.52. The lowest BCUT2D eigenvalue weighted by Crippen LogP contribution is -2.49. The van der Waals surface area contributed by atoms with Crippen molar-refractivity contribution in [3.8, 4) is 0 Å². The van der Waals surface area contributed by atoms with Crippen LogP contribution < -0.4 is 0 Å². The molecular formula is C15H27NO3. The van der Waals surface area contributed by atoms with Crippen LogP contribution in [0.5, 0.6) is 0 Å². The number of hydrogen-bond donors (Lipinski definition) is 1. The van der Waals surface area contributed by atoms with E-state index in [0.29, 0.717) is 18.0 Å². The molecule has 4 nitrogen and oxygen atoms in total. The van der Waals surface area contributed by atoms with E-state index in [9.17, 15) is 9.90 Å². The lowest BCUT2D eigenvalue weighted by molar-refractivity contribution is -0.141. The average molecular weight is 269 g/mol. The lowest BCUT2D eigenvalue weighted by atomic mass is 9.93. The Morgan fingerprint density at radius 3 is 2.53 bits per heavy atom. The molecule has 0 aromatic rings. The molecule has 2 unspecified atom stereocenters. The van der Waals surface area contributed by atoms with Crippen molar-refractivity contribution in [3.63, 3.8) is 0 Å². The highest BCUT2D eigenvalue weighted by Crippen LogP contribution is 2.30. The molecule has 0 spiro atoms. The first-order valence-electron chi connectivity index (χ1n) is 7.67. The van der Waals surface area contributed by atoms with Crippen molar-refractivity contribution in [1.29, 1.82) is 0 Å². The molecule has 2 aliphatic rings. The average Bonchev–Trinajstić information content (AvgIpc) is 2.89. The van der Waals surface area contributed by atoms with Gasteiger partial charge in [-0.2, -0.15) is 0 Å². The number of carbonyl (C=O) groups is 1. The monoisotopic (exact) mass is 269 g/mol. The maximum absolute atomic E-state index is 11.2. The summed E-state index contributed by atoms with van der Waals surface area (Å²) in [5.41, 5.74) is 0. The minimum atomic E-state index is -0.695. The van der Waals surface area contributed by atoms with Crippen molar-refractivity contribution in [2.24, 2.45) is 5.92 Å². The van der Waals surface area contributed by atoms with E-state index in [2.05, 4.69) is 18.7 Å². The third kappa shape index (κ3) is 3.93. The minimum Gasteiger partial charge on any atom is -0.480 e.